The molecule has 76 valence electrons. The van der Waals surface area contributed by atoms with Crippen LogP contribution in [0.15, 0.2) is 18.2 Å². The van der Waals surface area contributed by atoms with Crippen LogP contribution >= 0.6 is 12.4 Å². The largest absolute Gasteiger partial charge is 0.478 e. The van der Waals surface area contributed by atoms with Crippen molar-refractivity contribution in [3.8, 4) is 0 Å². The first-order chi connectivity index (χ1) is 6.02. The molecular weight excluding hydrogens is 204 g/mol. The molecule has 0 saturated carbocycles. The standard InChI is InChI=1S/C10H10O3.ClH/c1-6-5-8(7(2)11)3-4-9(6)10(12)13;/h3-5H,1-2H3,(H,12,13);1H. The van der Waals surface area contributed by atoms with Crippen LogP contribution in [0, 0.1) is 6.92 Å². The van der Waals surface area contributed by atoms with E-state index >= 15 is 0 Å². The number of Topliss-reactive ketones (excluding diaryl/α,β-unsaturated/α-hetero) is 1. The molecule has 1 rings (SSSR count). The molecule has 1 aromatic carbocycles. The van der Waals surface area contributed by atoms with Crippen LogP contribution in [-0.2, 0) is 0 Å². The van der Waals surface area contributed by atoms with Crippen LogP contribution in [0.2, 0.25) is 0 Å². The number of aromatic carboxylic acids is 1. The van der Waals surface area contributed by atoms with Crippen LogP contribution < -0.4 is 0 Å². The van der Waals surface area contributed by atoms with Gasteiger partial charge in [0.1, 0.15) is 0 Å². The third-order valence-electron chi connectivity index (χ3n) is 1.86. The van der Waals surface area contributed by atoms with Gasteiger partial charge in [-0.2, -0.15) is 0 Å². The number of carbonyl (C=O) groups excluding carboxylic acids is 1. The molecule has 1 aromatic rings. The minimum atomic E-state index is -0.965. The molecule has 0 aliphatic carbocycles. The molecule has 0 saturated heterocycles. The van der Waals surface area contributed by atoms with Gasteiger partial charge < -0.3 is 5.11 Å². The van der Waals surface area contributed by atoms with Gasteiger partial charge in [-0.25, -0.2) is 4.79 Å². The van der Waals surface area contributed by atoms with Gasteiger partial charge in [-0.15, -0.1) is 12.4 Å². The Bertz CT molecular complexity index is 372. The monoisotopic (exact) mass is 214 g/mol. The molecule has 0 aliphatic heterocycles. The fraction of sp³-hybridized carbons (Fsp3) is 0.200. The Morgan fingerprint density at radius 2 is 1.86 bits per heavy atom. The number of carboxylic acids is 1. The van der Waals surface area contributed by atoms with Crippen molar-refractivity contribution in [3.05, 3.63) is 34.9 Å². The van der Waals surface area contributed by atoms with E-state index in [4.69, 9.17) is 5.11 Å². The first-order valence-electron chi connectivity index (χ1n) is 3.87. The molecule has 0 spiro atoms. The number of hydrogen-bond acceptors (Lipinski definition) is 2. The van der Waals surface area contributed by atoms with E-state index in [0.29, 0.717) is 11.1 Å². The quantitative estimate of drug-likeness (QED) is 0.769. The van der Waals surface area contributed by atoms with Gasteiger partial charge in [0.05, 0.1) is 5.56 Å². The number of rotatable bonds is 2. The van der Waals surface area contributed by atoms with Gasteiger partial charge in [0.15, 0.2) is 5.78 Å². The first-order valence-corrected chi connectivity index (χ1v) is 3.87. The Kier molecular flexibility index (Phi) is 4.31. The van der Waals surface area contributed by atoms with Crippen LogP contribution in [-0.4, -0.2) is 16.9 Å². The molecule has 3 nitrogen and oxygen atoms in total. The smallest absolute Gasteiger partial charge is 0.335 e. The average Bonchev–Trinajstić information content (AvgIpc) is 2.03. The van der Waals surface area contributed by atoms with E-state index in [1.165, 1.54) is 19.1 Å². The van der Waals surface area contributed by atoms with E-state index in [2.05, 4.69) is 0 Å². The second-order valence-corrected chi connectivity index (χ2v) is 2.89. The molecule has 0 heterocycles. The van der Waals surface area contributed by atoms with Crippen LogP contribution in [0.25, 0.3) is 0 Å². The van der Waals surface area contributed by atoms with Crippen molar-refractivity contribution in [1.82, 2.24) is 0 Å². The van der Waals surface area contributed by atoms with Crippen LogP contribution in [0.4, 0.5) is 0 Å². The second kappa shape index (κ2) is 4.77. The van der Waals surface area contributed by atoms with Crippen LogP contribution in [0.1, 0.15) is 33.2 Å². The molecular formula is C10H11ClO3. The van der Waals surface area contributed by atoms with E-state index in [1.807, 2.05) is 0 Å². The average molecular weight is 215 g/mol. The van der Waals surface area contributed by atoms with Gasteiger partial charge in [0.25, 0.3) is 0 Å². The molecule has 0 amide bonds. The lowest BCUT2D eigenvalue weighted by Crippen LogP contribution is -2.01. The first kappa shape index (κ1) is 12.7. The molecule has 0 radical (unpaired) electrons. The van der Waals surface area contributed by atoms with E-state index in [-0.39, 0.29) is 23.8 Å². The molecule has 0 aliphatic rings. The molecule has 0 atom stereocenters. The highest BCUT2D eigenvalue weighted by molar-refractivity contribution is 5.96. The third-order valence-corrected chi connectivity index (χ3v) is 1.86. The van der Waals surface area contributed by atoms with E-state index in [9.17, 15) is 9.59 Å². The summed E-state index contributed by atoms with van der Waals surface area (Å²) >= 11 is 0. The van der Waals surface area contributed by atoms with Gasteiger partial charge in [0.2, 0.25) is 0 Å². The van der Waals surface area contributed by atoms with Crippen molar-refractivity contribution < 1.29 is 14.7 Å². The minimum absolute atomic E-state index is 0. The van der Waals surface area contributed by atoms with Gasteiger partial charge in [-0.1, -0.05) is 6.07 Å². The fourth-order valence-electron chi connectivity index (χ4n) is 1.12. The minimum Gasteiger partial charge on any atom is -0.478 e. The van der Waals surface area contributed by atoms with Gasteiger partial charge >= 0.3 is 5.97 Å². The number of carboxylic acid groups (broad SMARTS) is 1. The number of carbonyl (C=O) groups is 2. The maximum atomic E-state index is 10.9. The molecule has 4 heteroatoms. The molecule has 0 fully saturated rings. The normalized spacial score (nSPS) is 9.00. The molecule has 0 unspecified atom stereocenters. The number of ketones is 1. The lowest BCUT2D eigenvalue weighted by atomic mass is 10.0. The SMILES string of the molecule is CC(=O)c1ccc(C(=O)O)c(C)c1.Cl. The van der Waals surface area contributed by atoms with Crippen molar-refractivity contribution in [2.75, 3.05) is 0 Å². The Hall–Kier alpha value is -1.35. The maximum absolute atomic E-state index is 10.9. The fourth-order valence-corrected chi connectivity index (χ4v) is 1.12. The van der Waals surface area contributed by atoms with Crippen molar-refractivity contribution in [2.45, 2.75) is 13.8 Å². The second-order valence-electron chi connectivity index (χ2n) is 2.89. The Balaban J connectivity index is 0.00000169. The lowest BCUT2D eigenvalue weighted by molar-refractivity contribution is 0.0695. The predicted octanol–water partition coefficient (Wildman–Crippen LogP) is 2.32. The van der Waals surface area contributed by atoms with Crippen molar-refractivity contribution in [1.29, 1.82) is 0 Å². The van der Waals surface area contributed by atoms with Gasteiger partial charge in [-0.3, -0.25) is 4.79 Å². The van der Waals surface area contributed by atoms with Crippen LogP contribution in [0.3, 0.4) is 0 Å². The summed E-state index contributed by atoms with van der Waals surface area (Å²) in [5.41, 5.74) is 1.40. The zero-order valence-electron chi connectivity index (χ0n) is 7.90. The Morgan fingerprint density at radius 1 is 1.29 bits per heavy atom. The lowest BCUT2D eigenvalue weighted by Gasteiger charge is -2.01. The molecule has 1 N–H and O–H groups in total. The highest BCUT2D eigenvalue weighted by Gasteiger charge is 2.08. The highest BCUT2D eigenvalue weighted by Crippen LogP contribution is 2.11. The Morgan fingerprint density at radius 3 is 2.21 bits per heavy atom. The van der Waals surface area contributed by atoms with Crippen molar-refractivity contribution in [3.63, 3.8) is 0 Å². The van der Waals surface area contributed by atoms with Crippen molar-refractivity contribution in [2.24, 2.45) is 0 Å². The number of halogens is 1. The summed E-state index contributed by atoms with van der Waals surface area (Å²) in [6.07, 6.45) is 0. The highest BCUT2D eigenvalue weighted by atomic mass is 35.5. The van der Waals surface area contributed by atoms with E-state index in [0.717, 1.165) is 0 Å². The van der Waals surface area contributed by atoms with E-state index in [1.54, 1.807) is 13.0 Å². The zero-order valence-corrected chi connectivity index (χ0v) is 8.72. The molecule has 0 bridgehead atoms. The maximum Gasteiger partial charge on any atom is 0.335 e. The summed E-state index contributed by atoms with van der Waals surface area (Å²) in [6.45, 7) is 3.13. The summed E-state index contributed by atoms with van der Waals surface area (Å²) < 4.78 is 0. The summed E-state index contributed by atoms with van der Waals surface area (Å²) in [4.78, 5) is 21.5. The number of aryl methyl sites for hydroxylation is 1. The Labute approximate surface area is 88.2 Å². The van der Waals surface area contributed by atoms with Crippen LogP contribution in [0.5, 0.6) is 0 Å². The zero-order chi connectivity index (χ0) is 10.0. The number of benzene rings is 1. The van der Waals surface area contributed by atoms with Gasteiger partial charge in [-0.05, 0) is 31.5 Å². The predicted molar refractivity (Wildman–Crippen MR) is 55.4 cm³/mol. The molecule has 0 aromatic heterocycles. The van der Waals surface area contributed by atoms with E-state index < -0.39 is 5.97 Å². The summed E-state index contributed by atoms with van der Waals surface area (Å²) in [5.74, 6) is -1.02. The van der Waals surface area contributed by atoms with Gasteiger partial charge in [0, 0.05) is 5.56 Å². The number of hydrogen-bond donors (Lipinski definition) is 1. The topological polar surface area (TPSA) is 54.4 Å². The molecule has 14 heavy (non-hydrogen) atoms. The third kappa shape index (κ3) is 2.57. The summed E-state index contributed by atoms with van der Waals surface area (Å²) in [6, 6.07) is 4.57. The summed E-state index contributed by atoms with van der Waals surface area (Å²) in [7, 11) is 0. The summed E-state index contributed by atoms with van der Waals surface area (Å²) in [5, 5.41) is 8.71. The van der Waals surface area contributed by atoms with Crippen molar-refractivity contribution >= 4 is 24.2 Å².